The van der Waals surface area contributed by atoms with Crippen LogP contribution in [0, 0.1) is 89.7 Å². The SMILES string of the molecule is CC(C)(C)[C@@H](CC(=O)O)Cc1nc(-c2c[nH]c3ncc(F)cc23)ncc1F.CC(C)(C)[C@@H](CC(=O)O)Cc1nc(Cl)ncc1F.Cc1ccc(S(=O)(=O)N2CC(B3OC(C)(C)C(C)(C)O3)c3cc(F)cnc32)cc1.Cc1ccc(S(=O)(=O)O)cc1.Cc1ccc(S(=O)(=O)n2cc(-c3ncc(F)c(C[C@H](CC(=O)O)C(C)(C)C)n3)c3cc(F)cnc32)cc1. The number of rotatable bonds is 20. The summed E-state index contributed by atoms with van der Waals surface area (Å²) in [4.78, 5) is 72.6. The van der Waals surface area contributed by atoms with Crippen molar-refractivity contribution in [1.82, 2.24) is 53.8 Å². The van der Waals surface area contributed by atoms with Crippen LogP contribution in [0.25, 0.3) is 44.8 Å². The first-order valence-electron chi connectivity index (χ1n) is 38.2. The lowest BCUT2D eigenvalue weighted by atomic mass is 9.69. The van der Waals surface area contributed by atoms with E-state index in [-0.39, 0.29) is 139 Å². The highest BCUT2D eigenvalue weighted by Crippen LogP contribution is 2.47. The van der Waals surface area contributed by atoms with E-state index in [1.165, 1.54) is 46.9 Å². The molecule has 122 heavy (non-hydrogen) atoms. The van der Waals surface area contributed by atoms with E-state index in [1.54, 1.807) is 54.7 Å². The molecule has 8 aromatic heterocycles. The van der Waals surface area contributed by atoms with Crippen molar-refractivity contribution in [2.45, 2.75) is 181 Å². The van der Waals surface area contributed by atoms with Crippen molar-refractivity contribution < 1.29 is 95.2 Å². The summed E-state index contributed by atoms with van der Waals surface area (Å²) in [6.07, 6.45) is 8.96. The number of fused-ring (bicyclic) bond motifs is 3. The number of aromatic amines is 1. The van der Waals surface area contributed by atoms with Crippen LogP contribution in [0.1, 0.15) is 154 Å². The minimum absolute atomic E-state index is 0.00933. The molecule has 650 valence electrons. The summed E-state index contributed by atoms with van der Waals surface area (Å²) >= 11 is 5.62. The Morgan fingerprint density at radius 1 is 0.525 bits per heavy atom. The number of anilines is 1. The van der Waals surface area contributed by atoms with Crippen molar-refractivity contribution in [3.63, 3.8) is 0 Å². The number of nitrogens with zero attached hydrogens (tertiary/aromatic N) is 11. The molecule has 0 saturated carbocycles. The van der Waals surface area contributed by atoms with Crippen LogP contribution in [0.3, 0.4) is 0 Å². The quantitative estimate of drug-likeness (QED) is 0.0205. The van der Waals surface area contributed by atoms with E-state index in [0.717, 1.165) is 63.9 Å². The van der Waals surface area contributed by atoms with Crippen molar-refractivity contribution >= 4 is 94.7 Å². The predicted octanol–water partition coefficient (Wildman–Crippen LogP) is 16.6. The highest BCUT2D eigenvalue weighted by Gasteiger charge is 2.57. The molecular formula is C84H94BClF6N12O15S3. The number of benzene rings is 3. The molecule has 38 heteroatoms. The van der Waals surface area contributed by atoms with E-state index >= 15 is 0 Å². The molecule has 1 unspecified atom stereocenters. The fraction of sp³-hybridized carbons (Fsp3) is 0.381. The molecule has 2 aliphatic heterocycles. The number of sulfonamides is 1. The molecule has 2 aliphatic rings. The fourth-order valence-corrected chi connectivity index (χ4v) is 16.4. The third-order valence-electron chi connectivity index (χ3n) is 21.2. The molecule has 11 aromatic rings. The van der Waals surface area contributed by atoms with Crippen molar-refractivity contribution in [2.24, 2.45) is 34.0 Å². The van der Waals surface area contributed by atoms with Crippen LogP contribution >= 0.6 is 11.6 Å². The first-order valence-corrected chi connectivity index (χ1v) is 42.9. The van der Waals surface area contributed by atoms with Gasteiger partial charge in [0.15, 0.2) is 34.7 Å². The van der Waals surface area contributed by atoms with Crippen LogP contribution in [-0.2, 0) is 73.1 Å². The normalized spacial score (nSPS) is 15.3. The molecule has 3 aromatic carbocycles. The lowest BCUT2D eigenvalue weighted by Crippen LogP contribution is -2.41. The Bertz CT molecular complexity index is 6020. The van der Waals surface area contributed by atoms with Crippen molar-refractivity contribution in [3.05, 3.63) is 220 Å². The first-order chi connectivity index (χ1) is 56.5. The number of H-pyrrole nitrogens is 1. The lowest BCUT2D eigenvalue weighted by molar-refractivity contribution is -0.140. The molecule has 0 aliphatic carbocycles. The van der Waals surface area contributed by atoms with Gasteiger partial charge in [0.05, 0.1) is 80.2 Å². The molecule has 5 N–H and O–H groups in total. The average Bonchev–Trinajstić information content (AvgIpc) is 1.60. The average molecular weight is 1770 g/mol. The van der Waals surface area contributed by atoms with E-state index in [2.05, 4.69) is 49.8 Å². The number of hydrogen-bond acceptors (Lipinski definition) is 20. The van der Waals surface area contributed by atoms with Gasteiger partial charge in [-0.15, -0.1) is 0 Å². The monoisotopic (exact) mass is 1770 g/mol. The standard InChI is InChI=1S/C26H26F2N4O4S.C20H24BFN2O4S.C19H20F2N4O2.C12H16ClFN2O2.C7H8O3S/c1-15-5-7-18(8-6-15)37(35,36)32-14-20(19-11-17(27)12-30-25(19)32)24-29-13-21(28)22(31-24)9-16(10-23(33)34)26(2,3)4;1-13-6-8-15(9-7-13)29(25,26)24-12-17(16-10-14(22)11-23-18(16)24)21-27-19(2,3)20(4,5)28-21;1-19(2,3)10(5-16(26)27)4-15-14(21)9-24-18(25-15)13-8-23-17-12(13)6-11(20)7-22-17;1-12(2,3)7(5-10(17)18)4-9-8(14)6-15-11(13)16-9;1-6-2-4-7(5-3-6)11(8,9)10/h5-8,11-14,16H,9-10H2,1-4H3,(H,33,34);6-11,17H,12H2,1-5H3;6-10H,4-5H2,1-3H3,(H,22,23)(H,26,27);6-7H,4-5H2,1-3H3,(H,17,18);2-5H,1H3,(H,8,9,10)/t16-;;10-;7-;/m1.11./s1. The van der Waals surface area contributed by atoms with Gasteiger partial charge in [-0.05, 0) is 168 Å². The number of aliphatic carboxylic acids is 3. The number of halogens is 7. The second-order valence-corrected chi connectivity index (χ2v) is 39.3. The Kier molecular flexibility index (Phi) is 29.3. The zero-order valence-electron chi connectivity index (χ0n) is 69.7. The smallest absolute Gasteiger partial charge is 0.467 e. The van der Waals surface area contributed by atoms with Gasteiger partial charge in [-0.2, -0.15) is 8.42 Å². The lowest BCUT2D eigenvalue weighted by Gasteiger charge is -2.32. The maximum absolute atomic E-state index is 14.8. The number of nitrogens with one attached hydrogen (secondary N) is 1. The number of carboxylic acids is 3. The van der Waals surface area contributed by atoms with Gasteiger partial charge in [-0.1, -0.05) is 115 Å². The zero-order chi connectivity index (χ0) is 90.5. The summed E-state index contributed by atoms with van der Waals surface area (Å²) < 4.78 is 182. The molecule has 1 fully saturated rings. The molecule has 13 rings (SSSR count). The van der Waals surface area contributed by atoms with Crippen LogP contribution < -0.4 is 4.31 Å². The van der Waals surface area contributed by atoms with Crippen LogP contribution in [0.4, 0.5) is 32.2 Å². The van der Waals surface area contributed by atoms with Gasteiger partial charge in [0.2, 0.25) is 5.28 Å². The van der Waals surface area contributed by atoms with Crippen molar-refractivity contribution in [1.29, 1.82) is 0 Å². The largest absolute Gasteiger partial charge is 0.481 e. The molecule has 4 atom stereocenters. The van der Waals surface area contributed by atoms with Crippen LogP contribution in [0.2, 0.25) is 5.28 Å². The molecule has 0 spiro atoms. The summed E-state index contributed by atoms with van der Waals surface area (Å²) in [7, 11) is -12.7. The number of aromatic nitrogens is 11. The molecule has 0 amide bonds. The molecule has 1 saturated heterocycles. The second-order valence-electron chi connectivity index (χ2n) is 33.9. The minimum Gasteiger partial charge on any atom is -0.481 e. The Labute approximate surface area is 708 Å². The highest BCUT2D eigenvalue weighted by atomic mass is 35.5. The number of carbonyl (C=O) groups is 3. The molecule has 27 nitrogen and oxygen atoms in total. The molecule has 10 heterocycles. The van der Waals surface area contributed by atoms with E-state index < -0.39 is 118 Å². The summed E-state index contributed by atoms with van der Waals surface area (Å²) in [5.41, 5.74) is 2.40. The number of pyridine rings is 3. The van der Waals surface area contributed by atoms with Gasteiger partial charge >= 0.3 is 25.0 Å². The third-order valence-corrected chi connectivity index (χ3v) is 25.7. The van der Waals surface area contributed by atoms with Gasteiger partial charge in [-0.3, -0.25) is 18.9 Å². The molecule has 0 radical (unpaired) electrons. The van der Waals surface area contributed by atoms with E-state index in [1.807, 2.05) is 111 Å². The Morgan fingerprint density at radius 3 is 1.34 bits per heavy atom. The Hall–Kier alpha value is -10.7. The maximum Gasteiger partial charge on any atom is 0.467 e. The van der Waals surface area contributed by atoms with Crippen molar-refractivity contribution in [2.75, 3.05) is 10.8 Å². The summed E-state index contributed by atoms with van der Waals surface area (Å²) in [5.74, 6) is -7.52. The summed E-state index contributed by atoms with van der Waals surface area (Å²) in [6.45, 7) is 30.4. The summed E-state index contributed by atoms with van der Waals surface area (Å²) in [5, 5.41) is 28.0. The topological polar surface area (TPSA) is 393 Å². The highest BCUT2D eigenvalue weighted by molar-refractivity contribution is 7.93. The predicted molar refractivity (Wildman–Crippen MR) is 445 cm³/mol. The number of aryl methyl sites for hydroxylation is 3. The molecular weight excluding hydrogens is 1670 g/mol. The maximum atomic E-state index is 14.8. The summed E-state index contributed by atoms with van der Waals surface area (Å²) in [6, 6.07) is 22.6. The fourth-order valence-electron chi connectivity index (χ4n) is 13.0. The Balaban J connectivity index is 0.000000181. The third kappa shape index (κ3) is 23.6. The molecule has 0 bridgehead atoms. The van der Waals surface area contributed by atoms with Crippen LogP contribution in [0.5, 0.6) is 0 Å². The van der Waals surface area contributed by atoms with Gasteiger partial charge in [0, 0.05) is 71.5 Å². The van der Waals surface area contributed by atoms with Gasteiger partial charge in [0.1, 0.15) is 28.9 Å². The van der Waals surface area contributed by atoms with Gasteiger partial charge < -0.3 is 29.6 Å². The van der Waals surface area contributed by atoms with E-state index in [0.29, 0.717) is 22.2 Å². The van der Waals surface area contributed by atoms with Gasteiger partial charge in [-0.25, -0.2) is 96.3 Å². The Morgan fingerprint density at radius 2 is 0.910 bits per heavy atom. The van der Waals surface area contributed by atoms with Crippen LogP contribution in [0.15, 0.2) is 155 Å². The van der Waals surface area contributed by atoms with Crippen LogP contribution in [-0.4, -0.2) is 142 Å². The zero-order valence-corrected chi connectivity index (χ0v) is 72.9. The van der Waals surface area contributed by atoms with E-state index in [4.69, 9.17) is 30.6 Å². The van der Waals surface area contributed by atoms with E-state index in [9.17, 15) is 76.2 Å². The first kappa shape index (κ1) is 95.1. The second kappa shape index (κ2) is 37.6. The minimum atomic E-state index is -4.12. The van der Waals surface area contributed by atoms with Crippen molar-refractivity contribution in [3.8, 4) is 22.8 Å². The number of carboxylic acid groups (broad SMARTS) is 3. The van der Waals surface area contributed by atoms with Gasteiger partial charge in [0.25, 0.3) is 30.2 Å². The number of hydrogen-bond donors (Lipinski definition) is 5.